The normalized spacial score (nSPS) is 25.1. The van der Waals surface area contributed by atoms with Crippen molar-refractivity contribution in [1.29, 1.82) is 0 Å². The van der Waals surface area contributed by atoms with E-state index in [1.807, 2.05) is 25.2 Å². The lowest BCUT2D eigenvalue weighted by Crippen LogP contribution is -2.35. The summed E-state index contributed by atoms with van der Waals surface area (Å²) in [6, 6.07) is 5.81. The summed E-state index contributed by atoms with van der Waals surface area (Å²) in [4.78, 5) is 0. The molecule has 1 aromatic rings. The van der Waals surface area contributed by atoms with Crippen LogP contribution in [0.4, 0.5) is 0 Å². The summed E-state index contributed by atoms with van der Waals surface area (Å²) in [7, 11) is 1.91. The summed E-state index contributed by atoms with van der Waals surface area (Å²) >= 11 is 6.06. The smallest absolute Gasteiger partial charge is 0.124 e. The van der Waals surface area contributed by atoms with Crippen molar-refractivity contribution in [3.63, 3.8) is 0 Å². The van der Waals surface area contributed by atoms with Crippen molar-refractivity contribution in [1.82, 2.24) is 5.32 Å². The van der Waals surface area contributed by atoms with Crippen molar-refractivity contribution in [3.8, 4) is 5.75 Å². The van der Waals surface area contributed by atoms with Crippen molar-refractivity contribution in [3.05, 3.63) is 28.8 Å². The number of aliphatic hydroxyl groups excluding tert-OH is 1. The molecule has 0 radical (unpaired) electrons. The number of aliphatic hydroxyl groups is 1. The molecule has 3 unspecified atom stereocenters. The van der Waals surface area contributed by atoms with Crippen molar-refractivity contribution in [2.45, 2.75) is 50.9 Å². The van der Waals surface area contributed by atoms with Crippen LogP contribution in [0.5, 0.6) is 5.75 Å². The average Bonchev–Trinajstić information content (AvgIpc) is 2.42. The first-order chi connectivity index (χ1) is 9.11. The number of nitrogens with one attached hydrogen (secondary N) is 1. The van der Waals surface area contributed by atoms with E-state index >= 15 is 0 Å². The molecule has 1 aliphatic carbocycles. The van der Waals surface area contributed by atoms with Crippen LogP contribution in [0.3, 0.4) is 0 Å². The number of halogens is 1. The standard InChI is InChI=1S/C15H22ClNO2/c1-10(17-2)12-9-11(16)7-8-14(12)19-15-6-4-3-5-13(15)18/h7-10,13,15,17-18H,3-6H2,1-2H3. The highest BCUT2D eigenvalue weighted by Gasteiger charge is 2.25. The highest BCUT2D eigenvalue weighted by atomic mass is 35.5. The lowest BCUT2D eigenvalue weighted by Gasteiger charge is -2.29. The van der Waals surface area contributed by atoms with Crippen LogP contribution in [0.1, 0.15) is 44.2 Å². The molecular formula is C15H22ClNO2. The van der Waals surface area contributed by atoms with Crippen LogP contribution in [0.2, 0.25) is 5.02 Å². The molecule has 2 N–H and O–H groups in total. The topological polar surface area (TPSA) is 41.5 Å². The molecule has 0 amide bonds. The highest BCUT2D eigenvalue weighted by Crippen LogP contribution is 2.31. The largest absolute Gasteiger partial charge is 0.487 e. The second-order valence-electron chi connectivity index (χ2n) is 5.20. The van der Waals surface area contributed by atoms with Crippen LogP contribution in [-0.2, 0) is 0 Å². The number of rotatable bonds is 4. The van der Waals surface area contributed by atoms with E-state index in [1.165, 1.54) is 0 Å². The van der Waals surface area contributed by atoms with Crippen molar-refractivity contribution < 1.29 is 9.84 Å². The molecule has 4 heteroatoms. The zero-order valence-corrected chi connectivity index (χ0v) is 12.3. The van der Waals surface area contributed by atoms with E-state index in [2.05, 4.69) is 12.2 Å². The predicted molar refractivity (Wildman–Crippen MR) is 77.8 cm³/mol. The number of benzene rings is 1. The fraction of sp³-hybridized carbons (Fsp3) is 0.600. The van der Waals surface area contributed by atoms with Crippen LogP contribution in [-0.4, -0.2) is 24.4 Å². The molecule has 0 aromatic heterocycles. The number of hydrogen-bond donors (Lipinski definition) is 2. The van der Waals surface area contributed by atoms with E-state index in [4.69, 9.17) is 16.3 Å². The zero-order valence-electron chi connectivity index (χ0n) is 11.5. The minimum atomic E-state index is -0.359. The molecule has 0 spiro atoms. The second kappa shape index (κ2) is 6.60. The Bertz CT molecular complexity index is 425. The molecule has 0 saturated heterocycles. The van der Waals surface area contributed by atoms with Gasteiger partial charge in [0, 0.05) is 16.6 Å². The molecule has 106 valence electrons. The molecule has 0 aliphatic heterocycles. The van der Waals surface area contributed by atoms with Gasteiger partial charge in [0.15, 0.2) is 0 Å². The Morgan fingerprint density at radius 1 is 1.37 bits per heavy atom. The summed E-state index contributed by atoms with van der Waals surface area (Å²) < 4.78 is 6.03. The van der Waals surface area contributed by atoms with Crippen LogP contribution in [0.15, 0.2) is 18.2 Å². The predicted octanol–water partition coefficient (Wildman–Crippen LogP) is 3.30. The van der Waals surface area contributed by atoms with Crippen molar-refractivity contribution in [2.24, 2.45) is 0 Å². The Kier molecular flexibility index (Phi) is 5.08. The first-order valence-electron chi connectivity index (χ1n) is 6.93. The van der Waals surface area contributed by atoms with Crippen LogP contribution >= 0.6 is 11.6 Å². The van der Waals surface area contributed by atoms with Gasteiger partial charge >= 0.3 is 0 Å². The summed E-state index contributed by atoms with van der Waals surface area (Å²) in [5.41, 5.74) is 1.03. The minimum absolute atomic E-state index is 0.0993. The van der Waals surface area contributed by atoms with Gasteiger partial charge in [-0.3, -0.25) is 0 Å². The quantitative estimate of drug-likeness (QED) is 0.891. The third-order valence-corrected chi connectivity index (χ3v) is 4.05. The maximum absolute atomic E-state index is 10.0. The van der Waals surface area contributed by atoms with Crippen molar-refractivity contribution >= 4 is 11.6 Å². The fourth-order valence-electron chi connectivity index (χ4n) is 2.50. The van der Waals surface area contributed by atoms with Gasteiger partial charge in [-0.1, -0.05) is 18.0 Å². The molecular weight excluding hydrogens is 262 g/mol. The van der Waals surface area contributed by atoms with Gasteiger partial charge in [0.25, 0.3) is 0 Å². The summed E-state index contributed by atoms with van der Waals surface area (Å²) in [6.07, 6.45) is 3.49. The number of hydrogen-bond acceptors (Lipinski definition) is 3. The second-order valence-corrected chi connectivity index (χ2v) is 5.64. The molecule has 3 atom stereocenters. The molecule has 1 fully saturated rings. The summed E-state index contributed by atoms with van der Waals surface area (Å²) in [5.74, 6) is 0.817. The fourth-order valence-corrected chi connectivity index (χ4v) is 2.68. The molecule has 19 heavy (non-hydrogen) atoms. The van der Waals surface area contributed by atoms with Gasteiger partial charge in [0.1, 0.15) is 11.9 Å². The highest BCUT2D eigenvalue weighted by molar-refractivity contribution is 6.30. The van der Waals surface area contributed by atoms with Gasteiger partial charge in [0.05, 0.1) is 6.10 Å². The molecule has 0 heterocycles. The SMILES string of the molecule is CNC(C)c1cc(Cl)ccc1OC1CCCCC1O. The third kappa shape index (κ3) is 3.62. The summed E-state index contributed by atoms with van der Waals surface area (Å²) in [5, 5.41) is 13.9. The van der Waals surface area contributed by atoms with Crippen LogP contribution < -0.4 is 10.1 Å². The van der Waals surface area contributed by atoms with Gasteiger partial charge in [-0.25, -0.2) is 0 Å². The van der Waals surface area contributed by atoms with E-state index in [0.717, 1.165) is 37.0 Å². The number of ether oxygens (including phenoxy) is 1. The molecule has 3 nitrogen and oxygen atoms in total. The Labute approximate surface area is 119 Å². The first-order valence-corrected chi connectivity index (χ1v) is 7.31. The van der Waals surface area contributed by atoms with Crippen LogP contribution in [0.25, 0.3) is 0 Å². The Hall–Kier alpha value is -0.770. The van der Waals surface area contributed by atoms with E-state index in [0.29, 0.717) is 5.02 Å². The first kappa shape index (κ1) is 14.6. The molecule has 0 bridgehead atoms. The zero-order chi connectivity index (χ0) is 13.8. The monoisotopic (exact) mass is 283 g/mol. The maximum atomic E-state index is 10.0. The Morgan fingerprint density at radius 3 is 2.79 bits per heavy atom. The third-order valence-electron chi connectivity index (χ3n) is 3.82. The maximum Gasteiger partial charge on any atom is 0.124 e. The average molecular weight is 284 g/mol. The van der Waals surface area contributed by atoms with E-state index in [1.54, 1.807) is 0 Å². The van der Waals surface area contributed by atoms with Crippen LogP contribution in [0, 0.1) is 0 Å². The summed E-state index contributed by atoms with van der Waals surface area (Å²) in [6.45, 7) is 2.07. The molecule has 2 rings (SSSR count). The molecule has 1 aliphatic rings. The van der Waals surface area contributed by atoms with E-state index in [-0.39, 0.29) is 18.2 Å². The van der Waals surface area contributed by atoms with Gasteiger partial charge in [-0.05, 0) is 51.4 Å². The van der Waals surface area contributed by atoms with E-state index < -0.39 is 0 Å². The molecule has 1 aromatic carbocycles. The Morgan fingerprint density at radius 2 is 2.11 bits per heavy atom. The van der Waals surface area contributed by atoms with Gasteiger partial charge in [0.2, 0.25) is 0 Å². The van der Waals surface area contributed by atoms with Gasteiger partial charge in [-0.2, -0.15) is 0 Å². The van der Waals surface area contributed by atoms with Gasteiger partial charge in [-0.15, -0.1) is 0 Å². The van der Waals surface area contributed by atoms with Gasteiger partial charge < -0.3 is 15.2 Å². The van der Waals surface area contributed by atoms with E-state index in [9.17, 15) is 5.11 Å². The minimum Gasteiger partial charge on any atom is -0.487 e. The lowest BCUT2D eigenvalue weighted by molar-refractivity contribution is 0.00620. The Balaban J connectivity index is 2.18. The van der Waals surface area contributed by atoms with Crippen molar-refractivity contribution in [2.75, 3.05) is 7.05 Å². The lowest BCUT2D eigenvalue weighted by atomic mass is 9.94. The molecule has 1 saturated carbocycles.